The van der Waals surface area contributed by atoms with Crippen LogP contribution >= 0.6 is 0 Å². The Morgan fingerprint density at radius 2 is 2.05 bits per heavy atom. The number of nitrogens with one attached hydrogen (secondary N) is 1. The topological polar surface area (TPSA) is 32.3 Å². The summed E-state index contributed by atoms with van der Waals surface area (Å²) in [4.78, 5) is 14.0. The van der Waals surface area contributed by atoms with Crippen molar-refractivity contribution in [3.8, 4) is 0 Å². The molecule has 5 heteroatoms. The summed E-state index contributed by atoms with van der Waals surface area (Å²) in [6, 6.07) is 3.25. The van der Waals surface area contributed by atoms with Gasteiger partial charge in [-0.15, -0.1) is 0 Å². The van der Waals surface area contributed by atoms with Crippen LogP contribution in [0.15, 0.2) is 18.2 Å². The van der Waals surface area contributed by atoms with Gasteiger partial charge in [-0.05, 0) is 44.7 Å². The second-order valence-corrected chi connectivity index (χ2v) is 5.78. The molecule has 3 unspecified atom stereocenters. The minimum atomic E-state index is -0.614. The summed E-state index contributed by atoms with van der Waals surface area (Å²) in [6.45, 7) is 3.78. The number of amides is 1. The minimum Gasteiger partial charge on any atom is -0.318 e. The molecule has 3 nitrogen and oxygen atoms in total. The van der Waals surface area contributed by atoms with E-state index in [1.807, 2.05) is 6.92 Å². The lowest BCUT2D eigenvalue weighted by Gasteiger charge is -2.31. The van der Waals surface area contributed by atoms with Crippen LogP contribution in [0.3, 0.4) is 0 Å². The number of hydrogen-bond donors (Lipinski definition) is 1. The van der Waals surface area contributed by atoms with Gasteiger partial charge in [0, 0.05) is 17.7 Å². The first-order chi connectivity index (χ1) is 9.49. The fraction of sp³-hybridized carbons (Fsp3) is 0.533. The molecule has 1 aromatic rings. The zero-order valence-electron chi connectivity index (χ0n) is 11.6. The predicted molar refractivity (Wildman–Crippen MR) is 70.7 cm³/mol. The summed E-state index contributed by atoms with van der Waals surface area (Å²) in [5.41, 5.74) is 0.330. The normalized spacial score (nSPS) is 28.0. The van der Waals surface area contributed by atoms with Crippen LogP contribution in [-0.2, 0) is 4.79 Å². The maximum Gasteiger partial charge on any atom is 0.241 e. The van der Waals surface area contributed by atoms with Crippen molar-refractivity contribution in [2.45, 2.75) is 44.9 Å². The molecule has 3 rings (SSSR count). The Bertz CT molecular complexity index is 545. The molecule has 1 aromatic carbocycles. The van der Waals surface area contributed by atoms with Gasteiger partial charge < -0.3 is 4.90 Å². The SMILES string of the molecule is CC1NC(c2ccc(F)cc2F)N(C(C)C2CC2)C1=O. The highest BCUT2D eigenvalue weighted by molar-refractivity contribution is 5.84. The molecule has 0 aromatic heterocycles. The molecule has 2 fully saturated rings. The van der Waals surface area contributed by atoms with Gasteiger partial charge in [0.25, 0.3) is 0 Å². The summed E-state index contributed by atoms with van der Waals surface area (Å²) < 4.78 is 27.0. The monoisotopic (exact) mass is 280 g/mol. The lowest BCUT2D eigenvalue weighted by Crippen LogP contribution is -2.39. The Morgan fingerprint density at radius 1 is 1.35 bits per heavy atom. The van der Waals surface area contributed by atoms with Crippen LogP contribution in [-0.4, -0.2) is 22.9 Å². The van der Waals surface area contributed by atoms with E-state index in [0.717, 1.165) is 18.9 Å². The molecule has 1 amide bonds. The quantitative estimate of drug-likeness (QED) is 0.923. The van der Waals surface area contributed by atoms with E-state index in [9.17, 15) is 13.6 Å². The number of benzene rings is 1. The molecule has 1 N–H and O–H groups in total. The summed E-state index contributed by atoms with van der Waals surface area (Å²) >= 11 is 0. The van der Waals surface area contributed by atoms with E-state index in [1.54, 1.807) is 11.8 Å². The first-order valence-corrected chi connectivity index (χ1v) is 7.02. The third kappa shape index (κ3) is 2.20. The third-order valence-electron chi connectivity index (χ3n) is 4.31. The zero-order valence-corrected chi connectivity index (χ0v) is 11.6. The second kappa shape index (κ2) is 4.81. The van der Waals surface area contributed by atoms with Gasteiger partial charge >= 0.3 is 0 Å². The zero-order chi connectivity index (χ0) is 14.4. The fourth-order valence-corrected chi connectivity index (χ4v) is 2.94. The van der Waals surface area contributed by atoms with Gasteiger partial charge in [-0.25, -0.2) is 8.78 Å². The van der Waals surface area contributed by atoms with Crippen molar-refractivity contribution < 1.29 is 13.6 Å². The summed E-state index contributed by atoms with van der Waals surface area (Å²) in [7, 11) is 0. The Kier molecular flexibility index (Phi) is 3.24. The number of carbonyl (C=O) groups excluding carboxylic acids is 1. The number of halogens is 2. The highest BCUT2D eigenvalue weighted by Crippen LogP contribution is 2.40. The van der Waals surface area contributed by atoms with Crippen molar-refractivity contribution in [1.29, 1.82) is 0 Å². The molecule has 1 saturated carbocycles. The summed E-state index contributed by atoms with van der Waals surface area (Å²) in [5, 5.41) is 3.11. The van der Waals surface area contributed by atoms with E-state index < -0.39 is 17.8 Å². The number of rotatable bonds is 3. The van der Waals surface area contributed by atoms with Gasteiger partial charge in [0.1, 0.15) is 17.8 Å². The largest absolute Gasteiger partial charge is 0.318 e. The molecule has 1 aliphatic heterocycles. The van der Waals surface area contributed by atoms with Crippen LogP contribution in [0.4, 0.5) is 8.78 Å². The van der Waals surface area contributed by atoms with Crippen molar-refractivity contribution in [2.75, 3.05) is 0 Å². The van der Waals surface area contributed by atoms with Gasteiger partial charge in [-0.3, -0.25) is 10.1 Å². The molecule has 0 spiro atoms. The van der Waals surface area contributed by atoms with Gasteiger partial charge in [-0.2, -0.15) is 0 Å². The van der Waals surface area contributed by atoms with Crippen molar-refractivity contribution in [2.24, 2.45) is 5.92 Å². The fourth-order valence-electron chi connectivity index (χ4n) is 2.94. The lowest BCUT2D eigenvalue weighted by molar-refractivity contribution is -0.132. The molecule has 1 heterocycles. The van der Waals surface area contributed by atoms with Gasteiger partial charge in [-0.1, -0.05) is 0 Å². The van der Waals surface area contributed by atoms with Crippen molar-refractivity contribution in [3.05, 3.63) is 35.4 Å². The van der Waals surface area contributed by atoms with E-state index in [2.05, 4.69) is 5.32 Å². The summed E-state index contributed by atoms with van der Waals surface area (Å²) in [6.07, 6.45) is 1.71. The molecule has 3 atom stereocenters. The predicted octanol–water partition coefficient (Wildman–Crippen LogP) is 2.58. The Hall–Kier alpha value is -1.49. The van der Waals surface area contributed by atoms with E-state index in [-0.39, 0.29) is 18.0 Å². The molecule has 0 bridgehead atoms. The molecule has 1 saturated heterocycles. The summed E-state index contributed by atoms with van der Waals surface area (Å²) in [5.74, 6) is -0.738. The Balaban J connectivity index is 1.95. The van der Waals surface area contributed by atoms with Crippen molar-refractivity contribution >= 4 is 5.91 Å². The van der Waals surface area contributed by atoms with E-state index in [4.69, 9.17) is 0 Å². The third-order valence-corrected chi connectivity index (χ3v) is 4.31. The van der Waals surface area contributed by atoms with E-state index in [1.165, 1.54) is 12.1 Å². The lowest BCUT2D eigenvalue weighted by atomic mass is 10.1. The standard InChI is InChI=1S/C15H18F2N2O/c1-8-15(20)19(9(2)10-3-4-10)14(18-8)12-6-5-11(16)7-13(12)17/h5-10,14,18H,3-4H2,1-2H3. The average Bonchev–Trinajstić information content (AvgIpc) is 3.18. The molecule has 2 aliphatic rings. The van der Waals surface area contributed by atoms with Gasteiger partial charge in [0.15, 0.2) is 0 Å². The molecular formula is C15H18F2N2O. The van der Waals surface area contributed by atoms with Crippen LogP contribution in [0.1, 0.15) is 38.4 Å². The van der Waals surface area contributed by atoms with E-state index in [0.29, 0.717) is 11.5 Å². The van der Waals surface area contributed by atoms with Crippen LogP contribution < -0.4 is 5.32 Å². The van der Waals surface area contributed by atoms with Crippen LogP contribution in [0.2, 0.25) is 0 Å². The maximum absolute atomic E-state index is 14.0. The average molecular weight is 280 g/mol. The second-order valence-electron chi connectivity index (χ2n) is 5.78. The molecule has 1 aliphatic carbocycles. The Morgan fingerprint density at radius 3 is 2.65 bits per heavy atom. The molecular weight excluding hydrogens is 262 g/mol. The smallest absolute Gasteiger partial charge is 0.241 e. The van der Waals surface area contributed by atoms with Crippen molar-refractivity contribution in [1.82, 2.24) is 10.2 Å². The van der Waals surface area contributed by atoms with Crippen LogP contribution in [0.25, 0.3) is 0 Å². The number of carbonyl (C=O) groups is 1. The van der Waals surface area contributed by atoms with Crippen LogP contribution in [0.5, 0.6) is 0 Å². The maximum atomic E-state index is 14.0. The highest BCUT2D eigenvalue weighted by atomic mass is 19.1. The molecule has 0 radical (unpaired) electrons. The van der Waals surface area contributed by atoms with Gasteiger partial charge in [0.2, 0.25) is 5.91 Å². The van der Waals surface area contributed by atoms with E-state index >= 15 is 0 Å². The minimum absolute atomic E-state index is 0.0156. The first-order valence-electron chi connectivity index (χ1n) is 7.02. The Labute approximate surface area is 117 Å². The van der Waals surface area contributed by atoms with Crippen LogP contribution in [0, 0.1) is 17.6 Å². The molecule has 20 heavy (non-hydrogen) atoms. The molecule has 108 valence electrons. The first kappa shape index (κ1) is 13.5. The number of nitrogens with zero attached hydrogens (tertiary/aromatic N) is 1. The number of hydrogen-bond acceptors (Lipinski definition) is 2. The van der Waals surface area contributed by atoms with Crippen molar-refractivity contribution in [3.63, 3.8) is 0 Å². The highest BCUT2D eigenvalue weighted by Gasteiger charge is 2.45. The van der Waals surface area contributed by atoms with Gasteiger partial charge in [0.05, 0.1) is 6.04 Å².